The highest BCUT2D eigenvalue weighted by molar-refractivity contribution is 5.66. The second-order valence-corrected chi connectivity index (χ2v) is 7.97. The summed E-state index contributed by atoms with van der Waals surface area (Å²) >= 11 is 0. The topological polar surface area (TPSA) is 77.8 Å². The fraction of sp³-hybridized carbons (Fsp3) is 0.391. The fourth-order valence-corrected chi connectivity index (χ4v) is 2.87. The van der Waals surface area contributed by atoms with Crippen molar-refractivity contribution in [3.8, 4) is 17.6 Å². The second kappa shape index (κ2) is 7.86. The van der Waals surface area contributed by atoms with Gasteiger partial charge in [0.2, 0.25) is 0 Å². The molecule has 0 bridgehead atoms. The molecule has 0 aliphatic carbocycles. The van der Waals surface area contributed by atoms with Gasteiger partial charge in [0.15, 0.2) is 6.29 Å². The molecule has 1 fully saturated rings. The molecule has 0 amide bonds. The average Bonchev–Trinajstić information content (AvgIpc) is 2.88. The number of carbonyl (C=O) groups excluding carboxylic acids is 1. The third-order valence-corrected chi connectivity index (χ3v) is 5.27. The lowest BCUT2D eigenvalue weighted by Gasteiger charge is -2.30. The molecule has 2 aromatic rings. The van der Waals surface area contributed by atoms with Crippen molar-refractivity contribution in [2.24, 2.45) is 0 Å². The molecule has 1 heterocycles. The van der Waals surface area contributed by atoms with Crippen LogP contribution in [0.4, 0.5) is 0 Å². The number of ether oxygens (including phenoxy) is 4. The summed E-state index contributed by atoms with van der Waals surface area (Å²) in [4.78, 5) is 11.3. The van der Waals surface area contributed by atoms with Crippen LogP contribution in [0.25, 0.3) is 0 Å². The average molecular weight is 395 g/mol. The number of esters is 1. The molecular formula is C23H25NO5. The van der Waals surface area contributed by atoms with E-state index in [1.807, 2.05) is 39.8 Å². The minimum absolute atomic E-state index is 0.117. The Morgan fingerprint density at radius 1 is 1.03 bits per heavy atom. The van der Waals surface area contributed by atoms with Gasteiger partial charge < -0.3 is 18.9 Å². The highest BCUT2D eigenvalue weighted by Crippen LogP contribution is 2.46. The molecule has 152 valence electrons. The Hall–Kier alpha value is -2.88. The zero-order valence-corrected chi connectivity index (χ0v) is 17.3. The van der Waals surface area contributed by atoms with Crippen molar-refractivity contribution < 1.29 is 23.7 Å². The van der Waals surface area contributed by atoms with Crippen LogP contribution >= 0.6 is 0 Å². The normalized spacial score (nSPS) is 17.5. The largest absolute Gasteiger partial charge is 0.461 e. The Labute approximate surface area is 171 Å². The third-order valence-electron chi connectivity index (χ3n) is 5.27. The first kappa shape index (κ1) is 20.8. The highest BCUT2D eigenvalue weighted by Gasteiger charge is 2.50. The molecule has 2 aromatic carbocycles. The first-order chi connectivity index (χ1) is 13.6. The molecule has 1 saturated heterocycles. The van der Waals surface area contributed by atoms with Crippen molar-refractivity contribution in [3.05, 3.63) is 59.2 Å². The quantitative estimate of drug-likeness (QED) is 0.662. The van der Waals surface area contributed by atoms with Gasteiger partial charge in [0.1, 0.15) is 18.1 Å². The van der Waals surface area contributed by atoms with Gasteiger partial charge in [-0.1, -0.05) is 6.07 Å². The van der Waals surface area contributed by atoms with Gasteiger partial charge >= 0.3 is 5.97 Å². The summed E-state index contributed by atoms with van der Waals surface area (Å²) in [5.74, 6) is 0.838. The minimum Gasteiger partial charge on any atom is -0.461 e. The van der Waals surface area contributed by atoms with E-state index in [0.29, 0.717) is 17.1 Å². The van der Waals surface area contributed by atoms with E-state index in [9.17, 15) is 4.79 Å². The molecule has 0 radical (unpaired) electrons. The van der Waals surface area contributed by atoms with Gasteiger partial charge in [-0.3, -0.25) is 4.79 Å². The Balaban J connectivity index is 1.91. The monoisotopic (exact) mass is 395 g/mol. The molecule has 0 unspecified atom stereocenters. The fourth-order valence-electron chi connectivity index (χ4n) is 2.87. The van der Waals surface area contributed by atoms with Gasteiger partial charge in [0.25, 0.3) is 0 Å². The van der Waals surface area contributed by atoms with Crippen LogP contribution in [0.2, 0.25) is 0 Å². The molecule has 0 atom stereocenters. The lowest BCUT2D eigenvalue weighted by atomic mass is 9.90. The Kier molecular flexibility index (Phi) is 5.65. The lowest BCUT2D eigenvalue weighted by molar-refractivity contribution is -0.142. The molecule has 0 spiro atoms. The summed E-state index contributed by atoms with van der Waals surface area (Å²) in [6.07, 6.45) is -0.616. The number of benzene rings is 2. The SMILES string of the molecule is CC(=O)OCc1ccc(Oc2ccc(C#N)cc2)cc1C1OC(C)(C)C(C)(C)O1. The van der Waals surface area contributed by atoms with Crippen LogP contribution in [0.3, 0.4) is 0 Å². The van der Waals surface area contributed by atoms with Crippen LogP contribution in [0.1, 0.15) is 57.6 Å². The predicted molar refractivity (Wildman–Crippen MR) is 106 cm³/mol. The predicted octanol–water partition coefficient (Wildman–Crippen LogP) is 5.02. The summed E-state index contributed by atoms with van der Waals surface area (Å²) in [5, 5.41) is 8.93. The molecule has 6 heteroatoms. The van der Waals surface area contributed by atoms with Gasteiger partial charge in [-0.25, -0.2) is 0 Å². The Morgan fingerprint density at radius 3 is 2.17 bits per heavy atom. The van der Waals surface area contributed by atoms with E-state index in [2.05, 4.69) is 6.07 Å². The smallest absolute Gasteiger partial charge is 0.302 e. The Morgan fingerprint density at radius 2 is 1.62 bits per heavy atom. The van der Waals surface area contributed by atoms with Crippen molar-refractivity contribution >= 4 is 5.97 Å². The maximum absolute atomic E-state index is 11.3. The van der Waals surface area contributed by atoms with E-state index in [1.165, 1.54) is 6.92 Å². The minimum atomic E-state index is -0.616. The lowest BCUT2D eigenvalue weighted by Crippen LogP contribution is -2.41. The molecule has 0 N–H and O–H groups in total. The molecule has 1 aliphatic heterocycles. The first-order valence-corrected chi connectivity index (χ1v) is 9.41. The number of hydrogen-bond acceptors (Lipinski definition) is 6. The van der Waals surface area contributed by atoms with Crippen molar-refractivity contribution in [3.63, 3.8) is 0 Å². The molecule has 0 aromatic heterocycles. The number of nitriles is 1. The molecular weight excluding hydrogens is 370 g/mol. The Bertz CT molecular complexity index is 925. The summed E-state index contributed by atoms with van der Waals surface area (Å²) < 4.78 is 23.5. The van der Waals surface area contributed by atoms with Crippen LogP contribution in [-0.4, -0.2) is 17.2 Å². The van der Waals surface area contributed by atoms with Crippen LogP contribution < -0.4 is 4.74 Å². The first-order valence-electron chi connectivity index (χ1n) is 9.41. The van der Waals surface area contributed by atoms with Gasteiger partial charge in [0.05, 0.1) is 22.8 Å². The van der Waals surface area contributed by atoms with Crippen LogP contribution in [0.15, 0.2) is 42.5 Å². The van der Waals surface area contributed by atoms with Gasteiger partial charge in [-0.2, -0.15) is 5.26 Å². The van der Waals surface area contributed by atoms with Crippen molar-refractivity contribution in [1.29, 1.82) is 5.26 Å². The van der Waals surface area contributed by atoms with Crippen molar-refractivity contribution in [2.75, 3.05) is 0 Å². The summed E-state index contributed by atoms with van der Waals surface area (Å²) in [7, 11) is 0. The molecule has 1 aliphatic rings. The molecule has 29 heavy (non-hydrogen) atoms. The molecule has 0 saturated carbocycles. The number of nitrogens with zero attached hydrogens (tertiary/aromatic N) is 1. The van der Waals surface area contributed by atoms with Gasteiger partial charge in [0, 0.05) is 12.5 Å². The maximum atomic E-state index is 11.3. The van der Waals surface area contributed by atoms with E-state index in [4.69, 9.17) is 24.2 Å². The van der Waals surface area contributed by atoms with Crippen LogP contribution in [-0.2, 0) is 25.6 Å². The number of rotatable bonds is 5. The number of hydrogen-bond donors (Lipinski definition) is 0. The van der Waals surface area contributed by atoms with E-state index in [-0.39, 0.29) is 12.6 Å². The van der Waals surface area contributed by atoms with E-state index >= 15 is 0 Å². The molecule has 3 rings (SSSR count). The van der Waals surface area contributed by atoms with E-state index < -0.39 is 17.5 Å². The standard InChI is InChI=1S/C23H25NO5/c1-15(25)26-14-17-8-11-19(27-18-9-6-16(13-24)7-10-18)12-20(17)21-28-22(2,3)23(4,5)29-21/h6-12,21H,14H2,1-5H3. The zero-order chi connectivity index (χ0) is 21.2. The van der Waals surface area contributed by atoms with Crippen molar-refractivity contribution in [2.45, 2.75) is 58.7 Å². The maximum Gasteiger partial charge on any atom is 0.302 e. The third kappa shape index (κ3) is 4.58. The van der Waals surface area contributed by atoms with Crippen molar-refractivity contribution in [1.82, 2.24) is 0 Å². The summed E-state index contributed by atoms with van der Waals surface area (Å²) in [5.41, 5.74) is 1.09. The summed E-state index contributed by atoms with van der Waals surface area (Å²) in [6.45, 7) is 9.42. The molecule has 6 nitrogen and oxygen atoms in total. The highest BCUT2D eigenvalue weighted by atomic mass is 16.7. The van der Waals surface area contributed by atoms with Crippen LogP contribution in [0.5, 0.6) is 11.5 Å². The van der Waals surface area contributed by atoms with E-state index in [0.717, 1.165) is 11.1 Å². The summed E-state index contributed by atoms with van der Waals surface area (Å²) in [6, 6.07) is 14.4. The zero-order valence-electron chi connectivity index (χ0n) is 17.3. The second-order valence-electron chi connectivity index (χ2n) is 7.97. The van der Waals surface area contributed by atoms with Gasteiger partial charge in [-0.05, 0) is 69.7 Å². The number of carbonyl (C=O) groups is 1. The van der Waals surface area contributed by atoms with Gasteiger partial charge in [-0.15, -0.1) is 0 Å². The van der Waals surface area contributed by atoms with E-state index in [1.54, 1.807) is 30.3 Å². The van der Waals surface area contributed by atoms with Crippen LogP contribution in [0, 0.1) is 11.3 Å².